The van der Waals surface area contributed by atoms with Gasteiger partial charge in [0.05, 0.1) is 17.1 Å². The van der Waals surface area contributed by atoms with Crippen LogP contribution in [0, 0.1) is 18.7 Å². The van der Waals surface area contributed by atoms with Gasteiger partial charge in [0.25, 0.3) is 10.1 Å². The highest BCUT2D eigenvalue weighted by molar-refractivity contribution is 7.86. The van der Waals surface area contributed by atoms with E-state index in [1.165, 1.54) is 6.07 Å². The van der Waals surface area contributed by atoms with Crippen LogP contribution < -0.4 is 0 Å². The Morgan fingerprint density at radius 1 is 0.861 bits per heavy atom. The summed E-state index contributed by atoms with van der Waals surface area (Å²) in [7, 11) is -3.75. The number of aryl methyl sites for hydroxylation is 1. The van der Waals surface area contributed by atoms with Gasteiger partial charge in [0.2, 0.25) is 0 Å². The third-order valence-corrected chi connectivity index (χ3v) is 8.24. The summed E-state index contributed by atoms with van der Waals surface area (Å²) in [6, 6.07) is 17.1. The maximum absolute atomic E-state index is 13.9. The highest BCUT2D eigenvalue weighted by Gasteiger charge is 2.34. The van der Waals surface area contributed by atoms with Crippen molar-refractivity contribution in [2.45, 2.75) is 56.0 Å². The van der Waals surface area contributed by atoms with Crippen LogP contribution in [0.5, 0.6) is 0 Å². The number of halogens is 4. The van der Waals surface area contributed by atoms with Gasteiger partial charge in [0.15, 0.2) is 0 Å². The van der Waals surface area contributed by atoms with Gasteiger partial charge in [0, 0.05) is 0 Å². The summed E-state index contributed by atoms with van der Waals surface area (Å²) in [5.41, 5.74) is 1.91. The van der Waals surface area contributed by atoms with Crippen LogP contribution in [-0.2, 0) is 20.5 Å². The lowest BCUT2D eigenvalue weighted by atomic mass is 9.77. The van der Waals surface area contributed by atoms with Crippen LogP contribution in [0.1, 0.15) is 54.7 Å². The molecule has 4 rings (SSSR count). The Hall–Kier alpha value is -2.71. The first-order valence-electron chi connectivity index (χ1n) is 12.0. The fraction of sp³-hybridized carbons (Fsp3) is 0.357. The molecule has 3 nitrogen and oxygen atoms in total. The summed E-state index contributed by atoms with van der Waals surface area (Å²) in [6.07, 6.45) is -0.189. The second-order valence-electron chi connectivity index (χ2n) is 9.41. The minimum absolute atomic E-state index is 0.157. The van der Waals surface area contributed by atoms with E-state index in [0.29, 0.717) is 29.4 Å². The van der Waals surface area contributed by atoms with E-state index in [2.05, 4.69) is 0 Å². The van der Waals surface area contributed by atoms with Gasteiger partial charge in [-0.05, 0) is 91.8 Å². The molecule has 3 aromatic carbocycles. The van der Waals surface area contributed by atoms with Crippen LogP contribution in [0.3, 0.4) is 0 Å². The summed E-state index contributed by atoms with van der Waals surface area (Å²) < 4.78 is 82.2. The Kier molecular flexibility index (Phi) is 7.85. The molecule has 192 valence electrons. The molecular formula is C28H28F4O3S. The Labute approximate surface area is 209 Å². The van der Waals surface area contributed by atoms with Crippen LogP contribution >= 0.6 is 0 Å². The molecule has 36 heavy (non-hydrogen) atoms. The zero-order valence-electron chi connectivity index (χ0n) is 19.9. The molecule has 1 aliphatic rings. The van der Waals surface area contributed by atoms with E-state index in [0.717, 1.165) is 48.9 Å². The molecule has 8 heteroatoms. The number of hydrogen-bond donors (Lipinski definition) is 0. The van der Waals surface area contributed by atoms with Crippen molar-refractivity contribution in [3.8, 4) is 11.1 Å². The van der Waals surface area contributed by atoms with Crippen LogP contribution in [0.2, 0.25) is 0 Å². The standard InChI is InChI=1S/C28H28F4O3S/c1-19-2-13-25(14-3-19)36(33,34)35-17-16-20-4-6-21(7-5-20)22-8-10-23(11-9-22)24-12-15-26(27(29)18-24)28(30,31)32/h2-3,8-15,18,20-21H,4-7,16-17H2,1H3/t20-,21-. The molecule has 0 atom stereocenters. The molecule has 0 amide bonds. The molecule has 1 fully saturated rings. The van der Waals surface area contributed by atoms with Gasteiger partial charge in [-0.25, -0.2) is 4.39 Å². The highest BCUT2D eigenvalue weighted by Crippen LogP contribution is 2.38. The molecule has 0 aliphatic heterocycles. The van der Waals surface area contributed by atoms with Crippen molar-refractivity contribution in [1.29, 1.82) is 0 Å². The number of hydrogen-bond acceptors (Lipinski definition) is 3. The molecule has 0 radical (unpaired) electrons. The van der Waals surface area contributed by atoms with E-state index in [9.17, 15) is 26.0 Å². The van der Waals surface area contributed by atoms with Crippen LogP contribution in [0.4, 0.5) is 17.6 Å². The lowest BCUT2D eigenvalue weighted by Crippen LogP contribution is -2.16. The maximum atomic E-state index is 13.9. The fourth-order valence-electron chi connectivity index (χ4n) is 4.75. The summed E-state index contributed by atoms with van der Waals surface area (Å²) in [5.74, 6) is -0.529. The van der Waals surface area contributed by atoms with E-state index in [1.54, 1.807) is 24.3 Å². The molecule has 0 spiro atoms. The van der Waals surface area contributed by atoms with Crippen molar-refractivity contribution in [3.63, 3.8) is 0 Å². The van der Waals surface area contributed by atoms with Crippen molar-refractivity contribution in [2.24, 2.45) is 5.92 Å². The third-order valence-electron chi connectivity index (χ3n) is 6.91. The summed E-state index contributed by atoms with van der Waals surface area (Å²) in [6.45, 7) is 2.05. The Balaban J connectivity index is 1.28. The minimum Gasteiger partial charge on any atom is -0.266 e. The fourth-order valence-corrected chi connectivity index (χ4v) is 5.68. The van der Waals surface area contributed by atoms with Crippen molar-refractivity contribution in [1.82, 2.24) is 0 Å². The van der Waals surface area contributed by atoms with E-state index in [1.807, 2.05) is 31.2 Å². The summed E-state index contributed by atoms with van der Waals surface area (Å²) >= 11 is 0. The Morgan fingerprint density at radius 3 is 2.06 bits per heavy atom. The monoisotopic (exact) mass is 520 g/mol. The van der Waals surface area contributed by atoms with Gasteiger partial charge in [-0.1, -0.05) is 48.0 Å². The third kappa shape index (κ3) is 6.34. The lowest BCUT2D eigenvalue weighted by molar-refractivity contribution is -0.139. The summed E-state index contributed by atoms with van der Waals surface area (Å²) in [5, 5.41) is 0. The van der Waals surface area contributed by atoms with Gasteiger partial charge >= 0.3 is 6.18 Å². The normalized spacial score (nSPS) is 18.8. The van der Waals surface area contributed by atoms with Gasteiger partial charge in [0.1, 0.15) is 5.82 Å². The molecule has 3 aromatic rings. The smallest absolute Gasteiger partial charge is 0.266 e. The van der Waals surface area contributed by atoms with Gasteiger partial charge in [-0.3, -0.25) is 4.18 Å². The predicted molar refractivity (Wildman–Crippen MR) is 130 cm³/mol. The second-order valence-corrected chi connectivity index (χ2v) is 11.0. The quantitative estimate of drug-likeness (QED) is 0.235. The van der Waals surface area contributed by atoms with Crippen molar-refractivity contribution >= 4 is 10.1 Å². The zero-order chi connectivity index (χ0) is 25.9. The first-order valence-corrected chi connectivity index (χ1v) is 13.4. The summed E-state index contributed by atoms with van der Waals surface area (Å²) in [4.78, 5) is 0.166. The molecule has 0 N–H and O–H groups in total. The van der Waals surface area contributed by atoms with Crippen LogP contribution in [0.15, 0.2) is 71.6 Å². The number of benzene rings is 3. The molecule has 1 aliphatic carbocycles. The zero-order valence-corrected chi connectivity index (χ0v) is 20.7. The van der Waals surface area contributed by atoms with Crippen LogP contribution in [0.25, 0.3) is 11.1 Å². The molecule has 0 saturated heterocycles. The molecule has 1 saturated carbocycles. The van der Waals surface area contributed by atoms with Gasteiger partial charge in [-0.2, -0.15) is 21.6 Å². The first kappa shape index (κ1) is 26.4. The second kappa shape index (κ2) is 10.7. The number of alkyl halides is 3. The van der Waals surface area contributed by atoms with Crippen molar-refractivity contribution in [3.05, 3.63) is 89.2 Å². The molecule has 0 bridgehead atoms. The average molecular weight is 521 g/mol. The highest BCUT2D eigenvalue weighted by atomic mass is 32.2. The molecule has 0 aromatic heterocycles. The molecule has 0 heterocycles. The van der Waals surface area contributed by atoms with Crippen molar-refractivity contribution < 1.29 is 30.2 Å². The van der Waals surface area contributed by atoms with E-state index < -0.39 is 27.7 Å². The predicted octanol–water partition coefficient (Wildman–Crippen LogP) is 7.89. The largest absolute Gasteiger partial charge is 0.419 e. The minimum atomic E-state index is -4.72. The number of rotatable bonds is 7. The van der Waals surface area contributed by atoms with Crippen LogP contribution in [-0.4, -0.2) is 15.0 Å². The Morgan fingerprint density at radius 2 is 1.47 bits per heavy atom. The Bertz CT molecular complexity index is 1280. The lowest BCUT2D eigenvalue weighted by Gasteiger charge is -2.28. The average Bonchev–Trinajstić information content (AvgIpc) is 2.84. The molecular weight excluding hydrogens is 492 g/mol. The van der Waals surface area contributed by atoms with Gasteiger partial charge < -0.3 is 0 Å². The van der Waals surface area contributed by atoms with Crippen molar-refractivity contribution in [2.75, 3.05) is 6.61 Å². The SMILES string of the molecule is Cc1ccc(S(=O)(=O)OCC[C@H]2CC[C@H](c3ccc(-c4ccc(C(F)(F)F)c(F)c4)cc3)CC2)cc1. The first-order chi connectivity index (χ1) is 17.0. The topological polar surface area (TPSA) is 43.4 Å². The van der Waals surface area contributed by atoms with E-state index in [4.69, 9.17) is 4.18 Å². The molecule has 0 unspecified atom stereocenters. The maximum Gasteiger partial charge on any atom is 0.419 e. The van der Waals surface area contributed by atoms with E-state index >= 15 is 0 Å². The van der Waals surface area contributed by atoms with E-state index in [-0.39, 0.29) is 11.5 Å². The van der Waals surface area contributed by atoms with Gasteiger partial charge in [-0.15, -0.1) is 0 Å².